The average Bonchev–Trinajstić information content (AvgIpc) is 2.95. The maximum Gasteiger partial charge on any atom is 0.227 e. The molecule has 0 amide bonds. The Morgan fingerprint density at radius 1 is 0.615 bits per heavy atom. The predicted molar refractivity (Wildman–Crippen MR) is 168 cm³/mol. The summed E-state index contributed by atoms with van der Waals surface area (Å²) in [5.41, 5.74) is 2.39. The number of nitrogens with zero attached hydrogens (tertiary/aromatic N) is 2. The topological polar surface area (TPSA) is 55.2 Å². The highest BCUT2D eigenvalue weighted by molar-refractivity contribution is 9.10. The van der Waals surface area contributed by atoms with E-state index in [0.29, 0.717) is 16.8 Å². The molecule has 0 radical (unpaired) electrons. The molecule has 6 aromatic rings. The molecule has 4 aromatic carbocycles. The predicted octanol–water partition coefficient (Wildman–Crippen LogP) is 10.4. The first-order chi connectivity index (χ1) is 18.8. The van der Waals surface area contributed by atoms with Crippen LogP contribution in [0.5, 0.6) is 17.4 Å². The van der Waals surface area contributed by atoms with E-state index in [1.54, 1.807) is 36.7 Å². The molecule has 0 atom stereocenters. The average molecular weight is 665 g/mol. The number of para-hydroxylation sites is 2. The second-order valence-electron chi connectivity index (χ2n) is 8.50. The fourth-order valence-corrected chi connectivity index (χ4v) is 4.72. The lowest BCUT2D eigenvalue weighted by atomic mass is 10.1. The van der Waals surface area contributed by atoms with Crippen molar-refractivity contribution in [1.82, 2.24) is 9.97 Å². The fraction of sp³-hybridized carbons (Fsp3) is 0.0625. The van der Waals surface area contributed by atoms with Crippen LogP contribution in [0.15, 0.2) is 118 Å². The lowest BCUT2D eigenvalue weighted by molar-refractivity contribution is 0.469. The van der Waals surface area contributed by atoms with Gasteiger partial charge in [0.1, 0.15) is 16.7 Å². The minimum Gasteiger partial charge on any atom is -0.508 e. The van der Waals surface area contributed by atoms with E-state index < -0.39 is 0 Å². The molecule has 4 nitrogen and oxygen atoms in total. The highest BCUT2D eigenvalue weighted by atomic mass is 79.9. The summed E-state index contributed by atoms with van der Waals surface area (Å²) >= 11 is 13.0. The van der Waals surface area contributed by atoms with Crippen molar-refractivity contribution in [3.8, 4) is 17.4 Å². The smallest absolute Gasteiger partial charge is 0.227 e. The van der Waals surface area contributed by atoms with Gasteiger partial charge in [-0.25, -0.2) is 9.97 Å². The van der Waals surface area contributed by atoms with Crippen molar-refractivity contribution >= 4 is 65.0 Å². The Morgan fingerprint density at radius 3 is 1.69 bits per heavy atom. The van der Waals surface area contributed by atoms with Gasteiger partial charge in [0, 0.05) is 32.1 Å². The Bertz CT molecular complexity index is 1700. The number of fused-ring (bicyclic) bond motifs is 2. The van der Waals surface area contributed by atoms with E-state index in [-0.39, 0.29) is 0 Å². The van der Waals surface area contributed by atoms with Crippen LogP contribution in [0.3, 0.4) is 0 Å². The van der Waals surface area contributed by atoms with Crippen LogP contribution >= 0.6 is 43.5 Å². The van der Waals surface area contributed by atoms with Crippen LogP contribution in [0.4, 0.5) is 0 Å². The van der Waals surface area contributed by atoms with E-state index >= 15 is 0 Å². The van der Waals surface area contributed by atoms with Gasteiger partial charge in [0.05, 0.1) is 0 Å². The SMILES string of the molecule is Cc1c(Br)ccc2c(Cl)nccc12.Cc1c(Br)ccc2c(Oc3ccccc3)nccc12.Oc1ccccc1. The molecule has 39 heavy (non-hydrogen) atoms. The molecule has 0 saturated carbocycles. The highest BCUT2D eigenvalue weighted by Crippen LogP contribution is 2.32. The summed E-state index contributed by atoms with van der Waals surface area (Å²) in [6.07, 6.45) is 3.50. The van der Waals surface area contributed by atoms with Crippen LogP contribution in [0.25, 0.3) is 21.5 Å². The first-order valence-corrected chi connectivity index (χ1v) is 14.0. The van der Waals surface area contributed by atoms with Gasteiger partial charge in [-0.05, 0) is 90.3 Å². The summed E-state index contributed by atoms with van der Waals surface area (Å²) in [5.74, 6) is 1.75. The summed E-state index contributed by atoms with van der Waals surface area (Å²) in [6, 6.07) is 30.4. The fourth-order valence-electron chi connectivity index (χ4n) is 3.81. The zero-order valence-electron chi connectivity index (χ0n) is 21.3. The summed E-state index contributed by atoms with van der Waals surface area (Å²) in [4.78, 5) is 8.36. The number of aryl methyl sites for hydroxylation is 2. The van der Waals surface area contributed by atoms with Crippen LogP contribution in [0.1, 0.15) is 11.1 Å². The van der Waals surface area contributed by atoms with Crippen molar-refractivity contribution in [3.63, 3.8) is 0 Å². The molecule has 7 heteroatoms. The van der Waals surface area contributed by atoms with Gasteiger partial charge in [-0.3, -0.25) is 0 Å². The molecule has 0 aliphatic rings. The molecular formula is C32H25Br2ClN2O2. The van der Waals surface area contributed by atoms with E-state index in [1.165, 1.54) is 11.1 Å². The van der Waals surface area contributed by atoms with Gasteiger partial charge in [0.2, 0.25) is 5.88 Å². The first-order valence-electron chi connectivity index (χ1n) is 12.0. The molecule has 2 heterocycles. The molecule has 0 bridgehead atoms. The number of benzene rings is 4. The number of aromatic hydroxyl groups is 1. The Labute approximate surface area is 249 Å². The van der Waals surface area contributed by atoms with Gasteiger partial charge in [-0.15, -0.1) is 0 Å². The Hall–Kier alpha value is -3.45. The van der Waals surface area contributed by atoms with E-state index in [1.807, 2.05) is 72.8 Å². The molecular weight excluding hydrogens is 640 g/mol. The Kier molecular flexibility index (Phi) is 9.93. The van der Waals surface area contributed by atoms with Gasteiger partial charge in [-0.2, -0.15) is 0 Å². The lowest BCUT2D eigenvalue weighted by Gasteiger charge is -2.10. The van der Waals surface area contributed by atoms with Crippen LogP contribution in [-0.4, -0.2) is 15.1 Å². The second-order valence-corrected chi connectivity index (χ2v) is 10.6. The third-order valence-electron chi connectivity index (χ3n) is 5.93. The number of ether oxygens (including phenoxy) is 1. The van der Waals surface area contributed by atoms with Gasteiger partial charge in [0.25, 0.3) is 0 Å². The minimum atomic E-state index is 0.322. The highest BCUT2D eigenvalue weighted by Gasteiger charge is 2.08. The maximum atomic E-state index is 8.63. The van der Waals surface area contributed by atoms with E-state index in [9.17, 15) is 0 Å². The summed E-state index contributed by atoms with van der Waals surface area (Å²) < 4.78 is 8.05. The number of hydrogen-bond donors (Lipinski definition) is 1. The number of hydrogen-bond acceptors (Lipinski definition) is 4. The third kappa shape index (κ3) is 7.35. The van der Waals surface area contributed by atoms with E-state index in [0.717, 1.165) is 36.2 Å². The molecule has 6 rings (SSSR count). The van der Waals surface area contributed by atoms with Crippen molar-refractivity contribution < 1.29 is 9.84 Å². The summed E-state index contributed by atoms with van der Waals surface area (Å²) in [6.45, 7) is 4.14. The Morgan fingerprint density at radius 2 is 1.13 bits per heavy atom. The maximum absolute atomic E-state index is 8.63. The molecule has 0 aliphatic carbocycles. The molecule has 0 saturated heterocycles. The summed E-state index contributed by atoms with van der Waals surface area (Å²) in [5, 5.41) is 13.5. The van der Waals surface area contributed by atoms with Gasteiger partial charge < -0.3 is 9.84 Å². The molecule has 2 aromatic heterocycles. The van der Waals surface area contributed by atoms with Crippen molar-refractivity contribution in [2.45, 2.75) is 13.8 Å². The van der Waals surface area contributed by atoms with Crippen LogP contribution in [-0.2, 0) is 0 Å². The van der Waals surface area contributed by atoms with E-state index in [2.05, 4.69) is 55.7 Å². The van der Waals surface area contributed by atoms with E-state index in [4.69, 9.17) is 21.4 Å². The minimum absolute atomic E-state index is 0.322. The van der Waals surface area contributed by atoms with Crippen molar-refractivity contribution in [2.75, 3.05) is 0 Å². The van der Waals surface area contributed by atoms with Crippen molar-refractivity contribution in [3.05, 3.63) is 135 Å². The molecule has 0 spiro atoms. The molecule has 0 fully saturated rings. The Balaban J connectivity index is 0.000000152. The molecule has 1 N–H and O–H groups in total. The lowest BCUT2D eigenvalue weighted by Crippen LogP contribution is -1.90. The number of phenols is 1. The van der Waals surface area contributed by atoms with Gasteiger partial charge in [0.15, 0.2) is 0 Å². The van der Waals surface area contributed by atoms with Crippen molar-refractivity contribution in [2.24, 2.45) is 0 Å². The number of phenolic OH excluding ortho intramolecular Hbond substituents is 1. The quantitative estimate of drug-likeness (QED) is 0.187. The third-order valence-corrected chi connectivity index (χ3v) is 7.95. The monoisotopic (exact) mass is 662 g/mol. The largest absolute Gasteiger partial charge is 0.508 e. The zero-order chi connectivity index (χ0) is 27.8. The van der Waals surface area contributed by atoms with Crippen molar-refractivity contribution in [1.29, 1.82) is 0 Å². The number of aromatic nitrogens is 2. The standard InChI is InChI=1S/C16H12BrNO.C10H7BrClN.C6H6O/c1-11-13-9-10-18-16(14(13)7-8-15(11)17)19-12-5-3-2-4-6-12;1-6-7-4-5-13-10(12)8(7)2-3-9(6)11;7-6-4-2-1-3-5-6/h2-10H,1H3;2-5H,1H3;1-5,7H. The molecule has 0 aliphatic heterocycles. The molecule has 0 unspecified atom stereocenters. The second kappa shape index (κ2) is 13.6. The normalized spacial score (nSPS) is 10.3. The number of pyridine rings is 2. The first kappa shape index (κ1) is 28.6. The summed E-state index contributed by atoms with van der Waals surface area (Å²) in [7, 11) is 0. The van der Waals surface area contributed by atoms with Gasteiger partial charge in [-0.1, -0.05) is 85.9 Å². The van der Waals surface area contributed by atoms with Gasteiger partial charge >= 0.3 is 0 Å². The van der Waals surface area contributed by atoms with Crippen LogP contribution < -0.4 is 4.74 Å². The zero-order valence-corrected chi connectivity index (χ0v) is 25.2. The van der Waals surface area contributed by atoms with Crippen LogP contribution in [0.2, 0.25) is 5.15 Å². The molecule has 196 valence electrons. The number of rotatable bonds is 2. The van der Waals surface area contributed by atoms with Crippen LogP contribution in [0, 0.1) is 13.8 Å². The number of halogens is 3.